The number of nitriles is 1. The smallest absolute Gasteiger partial charge is 0.280 e. The van der Waals surface area contributed by atoms with E-state index in [1.807, 2.05) is 36.4 Å². The third kappa shape index (κ3) is 4.14. The number of hydrogen-bond acceptors (Lipinski definition) is 4. The number of hydrogen-bond donors (Lipinski definition) is 4. The summed E-state index contributed by atoms with van der Waals surface area (Å²) in [5.41, 5.74) is 3.21. The Morgan fingerprint density at radius 1 is 1.06 bits per heavy atom. The minimum atomic E-state index is -0.863. The standard InChI is InChI=1S/C24H24N6O2/c25-14-24(8-9-24)22(32)29-18-3-1-2-17(13-18)28-20-7-6-16(12-19(20)15-4-5-15)21(31)30-23-26-10-11-27-23/h1-3,6-7,12-13,15,28H,4-5,8-11H2,(H,29,32)(H2,26,27,30,31). The van der Waals surface area contributed by atoms with Gasteiger partial charge < -0.3 is 21.3 Å². The second kappa shape index (κ2) is 8.00. The van der Waals surface area contributed by atoms with Crippen LogP contribution >= 0.6 is 0 Å². The van der Waals surface area contributed by atoms with Crippen molar-refractivity contribution in [2.75, 3.05) is 23.7 Å². The van der Waals surface area contributed by atoms with Crippen molar-refractivity contribution < 1.29 is 9.59 Å². The largest absolute Gasteiger partial charge is 0.355 e. The number of benzene rings is 2. The van der Waals surface area contributed by atoms with Crippen LogP contribution in [-0.2, 0) is 4.79 Å². The number of guanidine groups is 1. The van der Waals surface area contributed by atoms with E-state index >= 15 is 0 Å². The van der Waals surface area contributed by atoms with Crippen molar-refractivity contribution in [1.82, 2.24) is 10.6 Å². The highest BCUT2D eigenvalue weighted by Crippen LogP contribution is 2.46. The molecule has 0 spiro atoms. The molecule has 3 fully saturated rings. The Bertz CT molecular complexity index is 1150. The zero-order valence-electron chi connectivity index (χ0n) is 17.6. The van der Waals surface area contributed by atoms with Gasteiger partial charge in [-0.1, -0.05) is 6.07 Å². The van der Waals surface area contributed by atoms with Crippen molar-refractivity contribution in [3.05, 3.63) is 53.6 Å². The molecule has 2 aromatic carbocycles. The van der Waals surface area contributed by atoms with Gasteiger partial charge in [0.25, 0.3) is 5.91 Å². The lowest BCUT2D eigenvalue weighted by molar-refractivity contribution is -0.119. The summed E-state index contributed by atoms with van der Waals surface area (Å²) in [6.07, 6.45) is 3.41. The molecule has 0 bridgehead atoms. The average molecular weight is 428 g/mol. The number of rotatable bonds is 6. The van der Waals surface area contributed by atoms with E-state index in [-0.39, 0.29) is 11.8 Å². The molecule has 1 heterocycles. The molecule has 2 aromatic rings. The fraction of sp³-hybridized carbons (Fsp3) is 0.333. The van der Waals surface area contributed by atoms with Crippen LogP contribution in [0.25, 0.3) is 0 Å². The van der Waals surface area contributed by atoms with E-state index in [2.05, 4.69) is 32.3 Å². The second-order valence-electron chi connectivity index (χ2n) is 8.55. The Morgan fingerprint density at radius 3 is 2.50 bits per heavy atom. The van der Waals surface area contributed by atoms with Gasteiger partial charge in [0.2, 0.25) is 5.91 Å². The van der Waals surface area contributed by atoms with Crippen LogP contribution in [0.3, 0.4) is 0 Å². The molecule has 0 atom stereocenters. The SMILES string of the molecule is N#CC1(C(=O)Nc2cccc(Nc3ccc(C(=O)N=C4NCCN4)cc3C3CC3)c2)CC1. The Balaban J connectivity index is 1.34. The summed E-state index contributed by atoms with van der Waals surface area (Å²) in [6.45, 7) is 1.53. The van der Waals surface area contributed by atoms with Crippen molar-refractivity contribution >= 4 is 34.8 Å². The van der Waals surface area contributed by atoms with Crippen LogP contribution in [-0.4, -0.2) is 30.9 Å². The van der Waals surface area contributed by atoms with Crippen molar-refractivity contribution in [1.29, 1.82) is 5.26 Å². The molecule has 0 unspecified atom stereocenters. The van der Waals surface area contributed by atoms with Crippen LogP contribution in [0.1, 0.15) is 47.5 Å². The molecule has 32 heavy (non-hydrogen) atoms. The monoisotopic (exact) mass is 428 g/mol. The van der Waals surface area contributed by atoms with Gasteiger partial charge in [-0.25, -0.2) is 0 Å². The second-order valence-corrected chi connectivity index (χ2v) is 8.55. The minimum Gasteiger partial charge on any atom is -0.355 e. The maximum atomic E-state index is 12.6. The van der Waals surface area contributed by atoms with E-state index in [9.17, 15) is 14.9 Å². The summed E-state index contributed by atoms with van der Waals surface area (Å²) in [4.78, 5) is 29.1. The first-order chi connectivity index (χ1) is 15.6. The molecule has 2 aliphatic carbocycles. The third-order valence-electron chi connectivity index (χ3n) is 6.04. The molecule has 3 aliphatic rings. The summed E-state index contributed by atoms with van der Waals surface area (Å²) >= 11 is 0. The predicted molar refractivity (Wildman–Crippen MR) is 122 cm³/mol. The van der Waals surface area contributed by atoms with Crippen LogP contribution in [0.4, 0.5) is 17.1 Å². The molecule has 0 aromatic heterocycles. The van der Waals surface area contributed by atoms with Gasteiger partial charge in [-0.05, 0) is 73.6 Å². The number of nitrogens with zero attached hydrogens (tertiary/aromatic N) is 2. The number of aliphatic imine (C=N–C) groups is 1. The lowest BCUT2D eigenvalue weighted by Crippen LogP contribution is -2.25. The molecule has 1 aliphatic heterocycles. The number of carbonyl (C=O) groups is 2. The summed E-state index contributed by atoms with van der Waals surface area (Å²) in [5, 5.41) is 21.6. The van der Waals surface area contributed by atoms with Crippen molar-refractivity contribution in [2.45, 2.75) is 31.6 Å². The molecule has 2 amide bonds. The first kappa shape index (κ1) is 20.1. The lowest BCUT2D eigenvalue weighted by atomic mass is 10.0. The number of amides is 2. The maximum Gasteiger partial charge on any atom is 0.280 e. The third-order valence-corrected chi connectivity index (χ3v) is 6.04. The molecule has 162 valence electrons. The van der Waals surface area contributed by atoms with Crippen LogP contribution < -0.4 is 21.3 Å². The van der Waals surface area contributed by atoms with Gasteiger partial charge in [0.15, 0.2) is 5.96 Å². The zero-order valence-corrected chi connectivity index (χ0v) is 17.6. The van der Waals surface area contributed by atoms with Crippen molar-refractivity contribution in [3.63, 3.8) is 0 Å². The minimum absolute atomic E-state index is 0.244. The fourth-order valence-electron chi connectivity index (χ4n) is 3.81. The van der Waals surface area contributed by atoms with Crippen molar-refractivity contribution in [3.8, 4) is 6.07 Å². The molecule has 8 nitrogen and oxygen atoms in total. The predicted octanol–water partition coefficient (Wildman–Crippen LogP) is 3.24. The molecule has 5 rings (SSSR count). The van der Waals surface area contributed by atoms with Gasteiger partial charge in [-0.3, -0.25) is 9.59 Å². The quantitative estimate of drug-likeness (QED) is 0.561. The molecule has 1 saturated heterocycles. The average Bonchev–Trinajstić information content (AvgIpc) is 3.73. The first-order valence-electron chi connectivity index (χ1n) is 10.9. The van der Waals surface area contributed by atoms with E-state index in [0.29, 0.717) is 36.0 Å². The number of anilines is 3. The lowest BCUT2D eigenvalue weighted by Gasteiger charge is -2.14. The van der Waals surface area contributed by atoms with Crippen LogP contribution in [0.5, 0.6) is 0 Å². The highest BCUT2D eigenvalue weighted by Gasteiger charge is 2.50. The van der Waals surface area contributed by atoms with Crippen LogP contribution in [0.2, 0.25) is 0 Å². The van der Waals surface area contributed by atoms with Crippen molar-refractivity contribution in [2.24, 2.45) is 10.4 Å². The Hall–Kier alpha value is -3.86. The van der Waals surface area contributed by atoms with E-state index in [1.165, 1.54) is 0 Å². The van der Waals surface area contributed by atoms with Gasteiger partial charge in [0.1, 0.15) is 5.41 Å². The Morgan fingerprint density at radius 2 is 1.81 bits per heavy atom. The Kier molecular flexibility index (Phi) is 5.02. The fourth-order valence-corrected chi connectivity index (χ4v) is 3.81. The molecule has 8 heteroatoms. The summed E-state index contributed by atoms with van der Waals surface area (Å²) in [7, 11) is 0. The summed E-state index contributed by atoms with van der Waals surface area (Å²) in [6, 6.07) is 15.2. The van der Waals surface area contributed by atoms with Crippen LogP contribution in [0, 0.1) is 16.7 Å². The van der Waals surface area contributed by atoms with Gasteiger partial charge in [0, 0.05) is 35.7 Å². The molecule has 2 saturated carbocycles. The molecular weight excluding hydrogens is 404 g/mol. The molecule has 4 N–H and O–H groups in total. The maximum absolute atomic E-state index is 12.6. The van der Waals surface area contributed by atoms with Crippen LogP contribution in [0.15, 0.2) is 47.5 Å². The molecular formula is C24H24N6O2. The highest BCUT2D eigenvalue weighted by atomic mass is 16.2. The first-order valence-corrected chi connectivity index (χ1v) is 10.9. The van der Waals surface area contributed by atoms with Gasteiger partial charge in [0.05, 0.1) is 6.07 Å². The van der Waals surface area contributed by atoms with E-state index < -0.39 is 5.41 Å². The van der Waals surface area contributed by atoms with Gasteiger partial charge >= 0.3 is 0 Å². The topological polar surface area (TPSA) is 118 Å². The number of nitrogens with one attached hydrogen (secondary N) is 4. The Labute approximate surface area is 186 Å². The summed E-state index contributed by atoms with van der Waals surface area (Å²) < 4.78 is 0. The zero-order chi connectivity index (χ0) is 22.1. The summed E-state index contributed by atoms with van der Waals surface area (Å²) in [5.74, 6) is 0.431. The van der Waals surface area contributed by atoms with E-state index in [4.69, 9.17) is 0 Å². The number of carbonyl (C=O) groups excluding carboxylic acids is 2. The van der Waals surface area contributed by atoms with Gasteiger partial charge in [-0.2, -0.15) is 10.3 Å². The van der Waals surface area contributed by atoms with E-state index in [1.54, 1.807) is 6.07 Å². The van der Waals surface area contributed by atoms with Gasteiger partial charge in [-0.15, -0.1) is 0 Å². The molecule has 0 radical (unpaired) electrons. The normalized spacial score (nSPS) is 18.0. The van der Waals surface area contributed by atoms with E-state index in [0.717, 1.165) is 42.9 Å². The highest BCUT2D eigenvalue weighted by molar-refractivity contribution is 6.03.